The van der Waals surface area contributed by atoms with Gasteiger partial charge in [-0.25, -0.2) is 4.79 Å². The molecule has 5 heteroatoms. The van der Waals surface area contributed by atoms with Gasteiger partial charge in [0.2, 0.25) is 0 Å². The zero-order chi connectivity index (χ0) is 14.5. The lowest BCUT2D eigenvalue weighted by Crippen LogP contribution is -2.05. The summed E-state index contributed by atoms with van der Waals surface area (Å²) < 4.78 is 11.6. The Balaban J connectivity index is 2.15. The Morgan fingerprint density at radius 2 is 2.00 bits per heavy atom. The highest BCUT2D eigenvalue weighted by atomic mass is 79.9. The van der Waals surface area contributed by atoms with Crippen molar-refractivity contribution in [2.45, 2.75) is 6.61 Å². The summed E-state index contributed by atoms with van der Waals surface area (Å²) in [7, 11) is 1.57. The van der Waals surface area contributed by atoms with Crippen LogP contribution < -0.4 is 9.47 Å². The maximum Gasteiger partial charge on any atom is 0.336 e. The Bertz CT molecular complexity index is 625. The van der Waals surface area contributed by atoms with Gasteiger partial charge in [-0.05, 0) is 34.1 Å². The summed E-state index contributed by atoms with van der Waals surface area (Å²) in [5, 5.41) is 9.10. The molecule has 0 saturated carbocycles. The smallest absolute Gasteiger partial charge is 0.336 e. The number of aromatic carboxylic acids is 1. The van der Waals surface area contributed by atoms with Crippen LogP contribution in [0.2, 0.25) is 0 Å². The van der Waals surface area contributed by atoms with Crippen molar-refractivity contribution in [3.8, 4) is 11.5 Å². The summed E-state index contributed by atoms with van der Waals surface area (Å²) in [6.07, 6.45) is 0. The van der Waals surface area contributed by atoms with Crippen molar-refractivity contribution in [1.82, 2.24) is 0 Å². The van der Waals surface area contributed by atoms with E-state index in [4.69, 9.17) is 14.6 Å². The van der Waals surface area contributed by atoms with Crippen LogP contribution in [0.3, 0.4) is 0 Å². The topological polar surface area (TPSA) is 55.8 Å². The van der Waals surface area contributed by atoms with Gasteiger partial charge in [0.15, 0.2) is 0 Å². The third-order valence-electron chi connectivity index (χ3n) is 2.76. The first-order valence-corrected chi connectivity index (χ1v) is 6.68. The average molecular weight is 337 g/mol. The maximum atomic E-state index is 11.1. The van der Waals surface area contributed by atoms with Gasteiger partial charge in [-0.15, -0.1) is 0 Å². The van der Waals surface area contributed by atoms with Crippen molar-refractivity contribution in [3.05, 3.63) is 58.1 Å². The van der Waals surface area contributed by atoms with E-state index in [1.165, 1.54) is 0 Å². The van der Waals surface area contributed by atoms with Crippen LogP contribution in [0.4, 0.5) is 0 Å². The number of carboxylic acid groups (broad SMARTS) is 1. The highest BCUT2D eigenvalue weighted by Gasteiger charge is 2.10. The molecule has 0 amide bonds. The lowest BCUT2D eigenvalue weighted by atomic mass is 10.1. The van der Waals surface area contributed by atoms with Crippen LogP contribution in [-0.2, 0) is 6.61 Å². The SMILES string of the molecule is COc1cc(OCc2ccccc2C(=O)O)ccc1Br. The van der Waals surface area contributed by atoms with E-state index in [9.17, 15) is 4.79 Å². The lowest BCUT2D eigenvalue weighted by Gasteiger charge is -2.10. The molecule has 2 aromatic carbocycles. The molecule has 20 heavy (non-hydrogen) atoms. The molecule has 0 radical (unpaired) electrons. The molecule has 4 nitrogen and oxygen atoms in total. The predicted octanol–water partition coefficient (Wildman–Crippen LogP) is 3.73. The van der Waals surface area contributed by atoms with E-state index >= 15 is 0 Å². The third-order valence-corrected chi connectivity index (χ3v) is 3.42. The van der Waals surface area contributed by atoms with E-state index in [2.05, 4.69) is 15.9 Å². The van der Waals surface area contributed by atoms with Gasteiger partial charge in [-0.1, -0.05) is 18.2 Å². The van der Waals surface area contributed by atoms with E-state index in [1.807, 2.05) is 6.07 Å². The minimum atomic E-state index is -0.961. The Labute approximate surface area is 125 Å². The van der Waals surface area contributed by atoms with Crippen LogP contribution in [0.1, 0.15) is 15.9 Å². The van der Waals surface area contributed by atoms with Crippen molar-refractivity contribution in [2.24, 2.45) is 0 Å². The number of hydrogen-bond acceptors (Lipinski definition) is 3. The van der Waals surface area contributed by atoms with Crippen molar-refractivity contribution in [2.75, 3.05) is 7.11 Å². The summed E-state index contributed by atoms with van der Waals surface area (Å²) in [6, 6.07) is 12.1. The molecule has 0 atom stereocenters. The molecule has 0 aliphatic heterocycles. The molecule has 1 N–H and O–H groups in total. The Morgan fingerprint density at radius 3 is 2.70 bits per heavy atom. The predicted molar refractivity (Wildman–Crippen MR) is 78.4 cm³/mol. The van der Waals surface area contributed by atoms with Gasteiger partial charge < -0.3 is 14.6 Å². The molecule has 0 aliphatic rings. The number of carbonyl (C=O) groups is 1. The maximum absolute atomic E-state index is 11.1. The van der Waals surface area contributed by atoms with Crippen LogP contribution in [0, 0.1) is 0 Å². The number of rotatable bonds is 5. The molecule has 0 fully saturated rings. The standard InChI is InChI=1S/C15H13BrO4/c1-19-14-8-11(6-7-13(14)16)20-9-10-4-2-3-5-12(10)15(17)18/h2-8H,9H2,1H3,(H,17,18). The molecule has 2 aromatic rings. The lowest BCUT2D eigenvalue weighted by molar-refractivity contribution is 0.0694. The van der Waals surface area contributed by atoms with Crippen LogP contribution >= 0.6 is 15.9 Å². The van der Waals surface area contributed by atoms with Gasteiger partial charge in [0, 0.05) is 11.6 Å². The monoisotopic (exact) mass is 336 g/mol. The summed E-state index contributed by atoms with van der Waals surface area (Å²) in [5.41, 5.74) is 0.874. The number of benzene rings is 2. The van der Waals surface area contributed by atoms with Crippen LogP contribution in [0.25, 0.3) is 0 Å². The first kappa shape index (κ1) is 14.4. The second-order valence-corrected chi connectivity index (χ2v) is 4.90. The minimum absolute atomic E-state index is 0.188. The molecular formula is C15H13BrO4. The van der Waals surface area contributed by atoms with E-state index in [1.54, 1.807) is 43.5 Å². The van der Waals surface area contributed by atoms with Crippen LogP contribution in [-0.4, -0.2) is 18.2 Å². The largest absolute Gasteiger partial charge is 0.495 e. The van der Waals surface area contributed by atoms with E-state index in [-0.39, 0.29) is 12.2 Å². The summed E-state index contributed by atoms with van der Waals surface area (Å²) >= 11 is 3.36. The molecule has 0 saturated heterocycles. The molecule has 104 valence electrons. The van der Waals surface area contributed by atoms with Gasteiger partial charge in [0.1, 0.15) is 18.1 Å². The second kappa shape index (κ2) is 6.43. The molecular weight excluding hydrogens is 324 g/mol. The second-order valence-electron chi connectivity index (χ2n) is 4.05. The average Bonchev–Trinajstić information content (AvgIpc) is 2.46. The van der Waals surface area contributed by atoms with Gasteiger partial charge >= 0.3 is 5.97 Å². The fourth-order valence-electron chi connectivity index (χ4n) is 1.75. The van der Waals surface area contributed by atoms with Crippen molar-refractivity contribution in [1.29, 1.82) is 0 Å². The number of hydrogen-bond donors (Lipinski definition) is 1. The summed E-state index contributed by atoms with van der Waals surface area (Å²) in [4.78, 5) is 11.1. The highest BCUT2D eigenvalue weighted by Crippen LogP contribution is 2.29. The van der Waals surface area contributed by atoms with E-state index in [0.717, 1.165) is 4.47 Å². The first-order valence-electron chi connectivity index (χ1n) is 5.89. The normalized spacial score (nSPS) is 10.1. The zero-order valence-corrected chi connectivity index (χ0v) is 12.4. The first-order chi connectivity index (χ1) is 9.61. The minimum Gasteiger partial charge on any atom is -0.495 e. The van der Waals surface area contributed by atoms with E-state index < -0.39 is 5.97 Å². The number of halogens is 1. The molecule has 0 bridgehead atoms. The van der Waals surface area contributed by atoms with Gasteiger partial charge in [0.25, 0.3) is 0 Å². The van der Waals surface area contributed by atoms with Crippen molar-refractivity contribution < 1.29 is 19.4 Å². The molecule has 0 aromatic heterocycles. The molecule has 2 rings (SSSR count). The molecule has 0 unspecified atom stereocenters. The number of methoxy groups -OCH3 is 1. The van der Waals surface area contributed by atoms with Crippen LogP contribution in [0.5, 0.6) is 11.5 Å². The molecule has 0 spiro atoms. The van der Waals surface area contributed by atoms with Crippen molar-refractivity contribution in [3.63, 3.8) is 0 Å². The summed E-state index contributed by atoms with van der Waals surface area (Å²) in [6.45, 7) is 0.188. The Hall–Kier alpha value is -2.01. The zero-order valence-electron chi connectivity index (χ0n) is 10.8. The molecule has 0 heterocycles. The summed E-state index contributed by atoms with van der Waals surface area (Å²) in [5.74, 6) is 0.317. The molecule has 0 aliphatic carbocycles. The van der Waals surface area contributed by atoms with E-state index in [0.29, 0.717) is 17.1 Å². The van der Waals surface area contributed by atoms with Gasteiger partial charge in [-0.3, -0.25) is 0 Å². The Morgan fingerprint density at radius 1 is 1.25 bits per heavy atom. The van der Waals surface area contributed by atoms with Crippen molar-refractivity contribution >= 4 is 21.9 Å². The quantitative estimate of drug-likeness (QED) is 0.903. The van der Waals surface area contributed by atoms with Gasteiger partial charge in [0.05, 0.1) is 17.1 Å². The fourth-order valence-corrected chi connectivity index (χ4v) is 2.15. The third kappa shape index (κ3) is 3.30. The number of ether oxygens (including phenoxy) is 2. The number of carboxylic acids is 1. The Kier molecular flexibility index (Phi) is 4.63. The highest BCUT2D eigenvalue weighted by molar-refractivity contribution is 9.10. The van der Waals surface area contributed by atoms with Crippen LogP contribution in [0.15, 0.2) is 46.9 Å². The fraction of sp³-hybridized carbons (Fsp3) is 0.133. The van der Waals surface area contributed by atoms with Gasteiger partial charge in [-0.2, -0.15) is 0 Å².